The zero-order valence-corrected chi connectivity index (χ0v) is 23.7. The van der Waals surface area contributed by atoms with Gasteiger partial charge in [0.25, 0.3) is 0 Å². The molecule has 1 saturated heterocycles. The molecule has 9 nitrogen and oxygen atoms in total. The van der Waals surface area contributed by atoms with Crippen LogP contribution in [0.3, 0.4) is 0 Å². The Morgan fingerprint density at radius 2 is 1.85 bits per heavy atom. The number of nitrogens with zero attached hydrogens (tertiary/aromatic N) is 3. The Morgan fingerprint density at radius 1 is 1.02 bits per heavy atom. The van der Waals surface area contributed by atoms with E-state index in [0.717, 1.165) is 44.0 Å². The van der Waals surface area contributed by atoms with Crippen LogP contribution in [0.1, 0.15) is 37.7 Å². The first-order valence-electron chi connectivity index (χ1n) is 13.6. The Morgan fingerprint density at radius 3 is 2.63 bits per heavy atom. The molecule has 41 heavy (non-hydrogen) atoms. The molecule has 3 heterocycles. The van der Waals surface area contributed by atoms with Gasteiger partial charge in [-0.15, -0.1) is 0 Å². The molecule has 0 amide bonds. The van der Waals surface area contributed by atoms with Crippen molar-refractivity contribution in [2.24, 2.45) is 0 Å². The summed E-state index contributed by atoms with van der Waals surface area (Å²) in [5.41, 5.74) is 4.71. The highest BCUT2D eigenvalue weighted by atomic mass is 32.2. The maximum absolute atomic E-state index is 14.7. The quantitative estimate of drug-likeness (QED) is 0.250. The normalized spacial score (nSPS) is 17.1. The number of fused-ring (bicyclic) bond motifs is 1. The van der Waals surface area contributed by atoms with Crippen LogP contribution in [-0.4, -0.2) is 42.2 Å². The molecular formula is C30H31FN6O3S. The molecule has 1 aliphatic heterocycles. The average Bonchev–Trinajstić information content (AvgIpc) is 2.92. The van der Waals surface area contributed by atoms with Crippen LogP contribution in [0.2, 0.25) is 0 Å². The fraction of sp³-hybridized carbons (Fsp3) is 0.300. The summed E-state index contributed by atoms with van der Waals surface area (Å²) in [4.78, 5) is 13.8. The predicted octanol–water partition coefficient (Wildman–Crippen LogP) is 5.91. The molecule has 1 atom stereocenters. The molecule has 2 aromatic carbocycles. The third kappa shape index (κ3) is 5.67. The molecule has 2 fully saturated rings. The molecule has 4 aromatic rings. The second-order valence-corrected chi connectivity index (χ2v) is 12.2. The minimum atomic E-state index is -3.71. The van der Waals surface area contributed by atoms with Crippen LogP contribution in [0.15, 0.2) is 66.1 Å². The highest BCUT2D eigenvalue weighted by Crippen LogP contribution is 2.40. The SMILES string of the molecule is Cc1ccc2c(NS(C)(=O)=O)c(F)ccc2c1Oc1ncccc1-c1ccnc(N[C@H]2CCCNC2=C2CCC2)n1. The molecule has 6 rings (SSSR count). The van der Waals surface area contributed by atoms with E-state index in [1.165, 1.54) is 23.8 Å². The Hall–Kier alpha value is -4.25. The Kier molecular flexibility index (Phi) is 7.21. The lowest BCUT2D eigenvalue weighted by Gasteiger charge is -2.33. The van der Waals surface area contributed by atoms with Gasteiger partial charge in [-0.3, -0.25) is 4.72 Å². The number of benzene rings is 2. The van der Waals surface area contributed by atoms with Crippen LogP contribution >= 0.6 is 0 Å². The van der Waals surface area contributed by atoms with Crippen molar-refractivity contribution in [2.45, 2.75) is 45.1 Å². The molecule has 0 bridgehead atoms. The van der Waals surface area contributed by atoms with E-state index in [1.54, 1.807) is 42.7 Å². The van der Waals surface area contributed by atoms with Gasteiger partial charge >= 0.3 is 0 Å². The molecule has 1 saturated carbocycles. The summed E-state index contributed by atoms with van der Waals surface area (Å²) in [6, 6.07) is 11.8. The number of hydrogen-bond donors (Lipinski definition) is 3. The zero-order chi connectivity index (χ0) is 28.6. The highest BCUT2D eigenvalue weighted by Gasteiger charge is 2.25. The third-order valence-electron chi connectivity index (χ3n) is 7.46. The summed E-state index contributed by atoms with van der Waals surface area (Å²) < 4.78 is 47.2. The summed E-state index contributed by atoms with van der Waals surface area (Å²) in [5.74, 6) is 0.598. The van der Waals surface area contributed by atoms with Crippen LogP contribution in [-0.2, 0) is 10.0 Å². The lowest BCUT2D eigenvalue weighted by molar-refractivity contribution is 0.466. The molecule has 3 N–H and O–H groups in total. The first-order valence-corrected chi connectivity index (χ1v) is 15.5. The maximum atomic E-state index is 14.7. The molecule has 0 radical (unpaired) electrons. The standard InChI is InChI=1S/C30H31FN6O3S/c1-18-10-11-20-21(12-13-23(31)27(20)37-41(2,38)39)28(18)40-29-22(8-4-16-33-29)24-14-17-34-30(35-24)36-25-9-5-15-32-26(25)19-6-3-7-19/h4,8,10-14,16-17,25,32,37H,3,5-7,9,15H2,1-2H3,(H,34,35,36)/t25-/m0/s1. The molecule has 1 aliphatic carbocycles. The number of aromatic nitrogens is 3. The smallest absolute Gasteiger partial charge is 0.229 e. The maximum Gasteiger partial charge on any atom is 0.229 e. The number of allylic oxidation sites excluding steroid dienone is 1. The summed E-state index contributed by atoms with van der Waals surface area (Å²) in [6.07, 6.45) is 9.93. The van der Waals surface area contributed by atoms with Gasteiger partial charge in [-0.2, -0.15) is 0 Å². The summed E-state index contributed by atoms with van der Waals surface area (Å²) >= 11 is 0. The average molecular weight is 575 g/mol. The molecule has 11 heteroatoms. The lowest BCUT2D eigenvalue weighted by atomic mass is 9.86. The van der Waals surface area contributed by atoms with Crippen LogP contribution in [0.5, 0.6) is 11.6 Å². The molecule has 2 aliphatic rings. The number of aryl methyl sites for hydroxylation is 1. The fourth-order valence-electron chi connectivity index (χ4n) is 5.32. The van der Waals surface area contributed by atoms with Gasteiger partial charge in [0.2, 0.25) is 21.9 Å². The second kappa shape index (κ2) is 11.0. The van der Waals surface area contributed by atoms with E-state index in [1.807, 2.05) is 13.0 Å². The molecular weight excluding hydrogens is 543 g/mol. The van der Waals surface area contributed by atoms with Crippen molar-refractivity contribution in [3.05, 3.63) is 77.5 Å². The Bertz CT molecular complexity index is 1770. The number of halogens is 1. The van der Waals surface area contributed by atoms with Crippen LogP contribution in [0.4, 0.5) is 16.0 Å². The van der Waals surface area contributed by atoms with Crippen LogP contribution in [0, 0.1) is 12.7 Å². The van der Waals surface area contributed by atoms with Crippen molar-refractivity contribution in [1.29, 1.82) is 0 Å². The largest absolute Gasteiger partial charge is 0.437 e. The zero-order valence-electron chi connectivity index (χ0n) is 22.9. The number of nitrogens with one attached hydrogen (secondary N) is 3. The van der Waals surface area contributed by atoms with Gasteiger partial charge in [0.1, 0.15) is 11.6 Å². The van der Waals surface area contributed by atoms with Gasteiger partial charge < -0.3 is 15.4 Å². The van der Waals surface area contributed by atoms with E-state index in [2.05, 4.69) is 25.3 Å². The van der Waals surface area contributed by atoms with E-state index in [4.69, 9.17) is 9.72 Å². The van der Waals surface area contributed by atoms with Gasteiger partial charge in [0, 0.05) is 35.4 Å². The fourth-order valence-corrected chi connectivity index (χ4v) is 5.90. The van der Waals surface area contributed by atoms with E-state index >= 15 is 0 Å². The van der Waals surface area contributed by atoms with Gasteiger partial charge in [-0.1, -0.05) is 12.1 Å². The summed E-state index contributed by atoms with van der Waals surface area (Å²) in [5, 5.41) is 8.03. The second-order valence-electron chi connectivity index (χ2n) is 10.5. The first kappa shape index (κ1) is 26.9. The molecule has 212 valence electrons. The number of sulfonamides is 1. The molecule has 0 unspecified atom stereocenters. The van der Waals surface area contributed by atoms with E-state index in [0.29, 0.717) is 39.6 Å². The van der Waals surface area contributed by atoms with Crippen LogP contribution < -0.4 is 20.1 Å². The van der Waals surface area contributed by atoms with Crippen molar-refractivity contribution in [3.63, 3.8) is 0 Å². The highest BCUT2D eigenvalue weighted by molar-refractivity contribution is 7.92. The van der Waals surface area contributed by atoms with E-state index in [9.17, 15) is 12.8 Å². The number of rotatable bonds is 7. The number of ether oxygens (including phenoxy) is 1. The van der Waals surface area contributed by atoms with Crippen molar-refractivity contribution < 1.29 is 17.5 Å². The van der Waals surface area contributed by atoms with Gasteiger partial charge in [0.15, 0.2) is 0 Å². The van der Waals surface area contributed by atoms with Crippen molar-refractivity contribution >= 4 is 32.4 Å². The number of anilines is 2. The first-order chi connectivity index (χ1) is 19.8. The monoisotopic (exact) mass is 574 g/mol. The van der Waals surface area contributed by atoms with Gasteiger partial charge in [-0.05, 0) is 80.5 Å². The predicted molar refractivity (Wildman–Crippen MR) is 158 cm³/mol. The van der Waals surface area contributed by atoms with Crippen molar-refractivity contribution in [2.75, 3.05) is 22.8 Å². The van der Waals surface area contributed by atoms with Crippen LogP contribution in [0.25, 0.3) is 22.0 Å². The number of piperidine rings is 1. The topological polar surface area (TPSA) is 118 Å². The molecule has 2 aromatic heterocycles. The van der Waals surface area contributed by atoms with E-state index < -0.39 is 15.8 Å². The Labute approximate surface area is 238 Å². The Balaban J connectivity index is 1.34. The van der Waals surface area contributed by atoms with Gasteiger partial charge in [-0.25, -0.2) is 27.8 Å². The minimum absolute atomic E-state index is 0.129. The van der Waals surface area contributed by atoms with Crippen molar-refractivity contribution in [3.8, 4) is 22.9 Å². The summed E-state index contributed by atoms with van der Waals surface area (Å²) in [6.45, 7) is 2.85. The van der Waals surface area contributed by atoms with Gasteiger partial charge in [0.05, 0.1) is 29.2 Å². The number of hydrogen-bond acceptors (Lipinski definition) is 8. The van der Waals surface area contributed by atoms with E-state index in [-0.39, 0.29) is 11.7 Å². The molecule has 0 spiro atoms. The third-order valence-corrected chi connectivity index (χ3v) is 8.04. The number of pyridine rings is 1. The summed E-state index contributed by atoms with van der Waals surface area (Å²) in [7, 11) is -3.71. The van der Waals surface area contributed by atoms with Crippen molar-refractivity contribution in [1.82, 2.24) is 20.3 Å². The minimum Gasteiger partial charge on any atom is -0.437 e. The lowest BCUT2D eigenvalue weighted by Crippen LogP contribution is -2.38.